The Morgan fingerprint density at radius 3 is 2.60 bits per heavy atom. The molecule has 0 aliphatic carbocycles. The summed E-state index contributed by atoms with van der Waals surface area (Å²) >= 11 is 0. The number of fused-ring (bicyclic) bond motifs is 1. The van der Waals surface area contributed by atoms with Crippen LogP contribution in [0.4, 0.5) is 0 Å². The molecule has 0 radical (unpaired) electrons. The molecule has 1 unspecified atom stereocenters. The zero-order valence-electron chi connectivity index (χ0n) is 11.6. The van der Waals surface area contributed by atoms with Crippen molar-refractivity contribution in [3.8, 4) is 11.5 Å². The molecule has 1 aromatic carbocycles. The first-order valence-corrected chi connectivity index (χ1v) is 6.43. The van der Waals surface area contributed by atoms with E-state index in [9.17, 15) is 4.79 Å². The van der Waals surface area contributed by atoms with Gasteiger partial charge in [-0.25, -0.2) is 4.79 Å². The van der Waals surface area contributed by atoms with Crippen molar-refractivity contribution in [2.24, 2.45) is 0 Å². The van der Waals surface area contributed by atoms with Gasteiger partial charge in [0, 0.05) is 11.5 Å². The summed E-state index contributed by atoms with van der Waals surface area (Å²) in [7, 11) is 1.52. The van der Waals surface area contributed by atoms with Gasteiger partial charge in [0.2, 0.25) is 5.75 Å². The molecule has 1 aromatic heterocycles. The van der Waals surface area contributed by atoms with Gasteiger partial charge in [-0.3, -0.25) is 0 Å². The SMILES string of the molecule is COc1c(OCC2OC2(C)C)ccc2ccc(=O)oc12. The molecule has 1 fully saturated rings. The molecule has 3 rings (SSSR count). The van der Waals surface area contributed by atoms with Gasteiger partial charge in [-0.05, 0) is 32.0 Å². The maximum atomic E-state index is 11.3. The van der Waals surface area contributed by atoms with Gasteiger partial charge in [-0.1, -0.05) is 0 Å². The second kappa shape index (κ2) is 4.52. The van der Waals surface area contributed by atoms with Crippen LogP contribution in [0.25, 0.3) is 11.0 Å². The third kappa shape index (κ3) is 2.25. The molecule has 0 amide bonds. The molecule has 1 atom stereocenters. The first-order valence-electron chi connectivity index (χ1n) is 6.43. The summed E-state index contributed by atoms with van der Waals surface area (Å²) in [5.74, 6) is 0.972. The van der Waals surface area contributed by atoms with Crippen molar-refractivity contribution in [1.82, 2.24) is 0 Å². The van der Waals surface area contributed by atoms with Gasteiger partial charge in [0.25, 0.3) is 0 Å². The number of epoxide rings is 1. The lowest BCUT2D eigenvalue weighted by Crippen LogP contribution is -2.12. The monoisotopic (exact) mass is 276 g/mol. The Kier molecular flexibility index (Phi) is 2.94. The minimum absolute atomic E-state index is 0.0747. The van der Waals surface area contributed by atoms with E-state index in [4.69, 9.17) is 18.6 Å². The van der Waals surface area contributed by atoms with Crippen molar-refractivity contribution >= 4 is 11.0 Å². The molecule has 0 saturated carbocycles. The van der Waals surface area contributed by atoms with E-state index >= 15 is 0 Å². The predicted octanol–water partition coefficient (Wildman–Crippen LogP) is 2.36. The van der Waals surface area contributed by atoms with Crippen LogP contribution in [0.1, 0.15) is 13.8 Å². The second-order valence-electron chi connectivity index (χ2n) is 5.29. The molecule has 0 spiro atoms. The van der Waals surface area contributed by atoms with Crippen molar-refractivity contribution in [3.05, 3.63) is 34.7 Å². The van der Waals surface area contributed by atoms with Crippen molar-refractivity contribution in [2.75, 3.05) is 13.7 Å². The maximum Gasteiger partial charge on any atom is 0.336 e. The highest BCUT2D eigenvalue weighted by molar-refractivity contribution is 5.85. The quantitative estimate of drug-likeness (QED) is 0.633. The smallest absolute Gasteiger partial charge is 0.336 e. The number of benzene rings is 1. The third-order valence-electron chi connectivity index (χ3n) is 3.47. The van der Waals surface area contributed by atoms with E-state index in [0.29, 0.717) is 23.7 Å². The fraction of sp³-hybridized carbons (Fsp3) is 0.400. The summed E-state index contributed by atoms with van der Waals surface area (Å²) in [5.41, 5.74) is -0.149. The van der Waals surface area contributed by atoms with Crippen LogP contribution in [0.15, 0.2) is 33.5 Å². The van der Waals surface area contributed by atoms with Crippen LogP contribution >= 0.6 is 0 Å². The lowest BCUT2D eigenvalue weighted by Gasteiger charge is -2.11. The van der Waals surface area contributed by atoms with Gasteiger partial charge in [0.1, 0.15) is 12.7 Å². The molecule has 0 N–H and O–H groups in total. The number of methoxy groups -OCH3 is 1. The minimum atomic E-state index is -0.417. The first kappa shape index (κ1) is 13.0. The minimum Gasteiger partial charge on any atom is -0.490 e. The van der Waals surface area contributed by atoms with Gasteiger partial charge in [-0.15, -0.1) is 0 Å². The maximum absolute atomic E-state index is 11.3. The molecule has 5 nitrogen and oxygen atoms in total. The van der Waals surface area contributed by atoms with Crippen LogP contribution < -0.4 is 15.1 Å². The van der Waals surface area contributed by atoms with Crippen molar-refractivity contribution in [1.29, 1.82) is 0 Å². The Labute approximate surface area is 116 Å². The van der Waals surface area contributed by atoms with Gasteiger partial charge < -0.3 is 18.6 Å². The largest absolute Gasteiger partial charge is 0.490 e. The van der Waals surface area contributed by atoms with E-state index in [1.54, 1.807) is 12.1 Å². The first-order chi connectivity index (χ1) is 9.51. The third-order valence-corrected chi connectivity index (χ3v) is 3.47. The molecule has 20 heavy (non-hydrogen) atoms. The lowest BCUT2D eigenvalue weighted by molar-refractivity contribution is 0.246. The van der Waals surface area contributed by atoms with Gasteiger partial charge >= 0.3 is 5.63 Å². The molecule has 1 aliphatic heterocycles. The molecule has 5 heteroatoms. The average Bonchev–Trinajstić information content (AvgIpc) is 3.03. The predicted molar refractivity (Wildman–Crippen MR) is 73.5 cm³/mol. The van der Waals surface area contributed by atoms with Crippen LogP contribution in [0.3, 0.4) is 0 Å². The lowest BCUT2D eigenvalue weighted by atomic mass is 10.1. The van der Waals surface area contributed by atoms with Crippen LogP contribution in [-0.4, -0.2) is 25.4 Å². The van der Waals surface area contributed by atoms with Crippen LogP contribution in [-0.2, 0) is 4.74 Å². The van der Waals surface area contributed by atoms with Crippen molar-refractivity contribution in [3.63, 3.8) is 0 Å². The normalized spacial score (nSPS) is 19.9. The molecule has 0 bridgehead atoms. The molecule has 106 valence electrons. The van der Waals surface area contributed by atoms with E-state index in [2.05, 4.69) is 0 Å². The number of rotatable bonds is 4. The van der Waals surface area contributed by atoms with Crippen molar-refractivity contribution in [2.45, 2.75) is 25.6 Å². The molecular formula is C15H16O5. The van der Waals surface area contributed by atoms with Gasteiger partial charge in [0.15, 0.2) is 11.3 Å². The van der Waals surface area contributed by atoms with E-state index in [-0.39, 0.29) is 11.7 Å². The number of hydrogen-bond donors (Lipinski definition) is 0. The molecule has 1 saturated heterocycles. The van der Waals surface area contributed by atoms with E-state index in [1.165, 1.54) is 13.2 Å². The Hall–Kier alpha value is -2.01. The Bertz CT molecular complexity index is 701. The van der Waals surface area contributed by atoms with E-state index in [1.807, 2.05) is 19.9 Å². The number of ether oxygens (including phenoxy) is 3. The average molecular weight is 276 g/mol. The summed E-state index contributed by atoms with van der Waals surface area (Å²) in [6.07, 6.45) is 0.0747. The Morgan fingerprint density at radius 1 is 1.25 bits per heavy atom. The highest BCUT2D eigenvalue weighted by Crippen LogP contribution is 2.38. The highest BCUT2D eigenvalue weighted by Gasteiger charge is 2.48. The second-order valence-corrected chi connectivity index (χ2v) is 5.29. The van der Waals surface area contributed by atoms with Crippen LogP contribution in [0, 0.1) is 0 Å². The summed E-state index contributed by atoms with van der Waals surface area (Å²) in [6, 6.07) is 6.70. The summed E-state index contributed by atoms with van der Waals surface area (Å²) < 4.78 is 21.7. The molecule has 1 aliphatic rings. The molecule has 2 aromatic rings. The number of hydrogen-bond acceptors (Lipinski definition) is 5. The van der Waals surface area contributed by atoms with E-state index in [0.717, 1.165) is 5.39 Å². The van der Waals surface area contributed by atoms with Gasteiger partial charge in [0.05, 0.1) is 12.7 Å². The highest BCUT2D eigenvalue weighted by atomic mass is 16.6. The Balaban J connectivity index is 1.92. The fourth-order valence-electron chi connectivity index (χ4n) is 2.13. The van der Waals surface area contributed by atoms with Crippen LogP contribution in [0.2, 0.25) is 0 Å². The fourth-order valence-corrected chi connectivity index (χ4v) is 2.13. The summed E-state index contributed by atoms with van der Waals surface area (Å²) in [6.45, 7) is 4.46. The summed E-state index contributed by atoms with van der Waals surface area (Å²) in [5, 5.41) is 0.789. The standard InChI is InChI=1S/C15H16O5/c1-15(2)11(20-15)8-18-10-6-4-9-5-7-12(16)19-13(9)14(10)17-3/h4-7,11H,8H2,1-3H3. The van der Waals surface area contributed by atoms with Gasteiger partial charge in [-0.2, -0.15) is 0 Å². The topological polar surface area (TPSA) is 61.2 Å². The summed E-state index contributed by atoms with van der Waals surface area (Å²) in [4.78, 5) is 11.3. The zero-order valence-corrected chi connectivity index (χ0v) is 11.6. The Morgan fingerprint density at radius 2 is 1.95 bits per heavy atom. The van der Waals surface area contributed by atoms with Crippen LogP contribution in [0.5, 0.6) is 11.5 Å². The zero-order chi connectivity index (χ0) is 14.3. The van der Waals surface area contributed by atoms with E-state index < -0.39 is 5.63 Å². The molecular weight excluding hydrogens is 260 g/mol. The molecule has 2 heterocycles. The van der Waals surface area contributed by atoms with Crippen molar-refractivity contribution < 1.29 is 18.6 Å².